The molecule has 0 radical (unpaired) electrons. The van der Waals surface area contributed by atoms with E-state index in [2.05, 4.69) is 26.5 Å². The van der Waals surface area contributed by atoms with Gasteiger partial charge < -0.3 is 15.5 Å². The Labute approximate surface area is 245 Å². The van der Waals surface area contributed by atoms with Gasteiger partial charge in [0.15, 0.2) is 21.3 Å². The van der Waals surface area contributed by atoms with Crippen LogP contribution in [0.4, 0.5) is 16.0 Å². The Morgan fingerprint density at radius 3 is 2.60 bits per heavy atom. The van der Waals surface area contributed by atoms with Gasteiger partial charge in [-0.2, -0.15) is 4.98 Å². The van der Waals surface area contributed by atoms with Crippen molar-refractivity contribution in [3.63, 3.8) is 0 Å². The molecule has 5 heterocycles. The van der Waals surface area contributed by atoms with Gasteiger partial charge in [-0.1, -0.05) is 20.4 Å². The molecule has 1 fully saturated rings. The number of nitrogens with two attached hydrogens (primary N) is 1. The van der Waals surface area contributed by atoms with Crippen LogP contribution in [-0.2, 0) is 14.6 Å². The number of fused-ring (bicyclic) bond motifs is 1. The highest BCUT2D eigenvalue weighted by atomic mass is 32.2. The summed E-state index contributed by atoms with van der Waals surface area (Å²) in [6.45, 7) is 10.0. The smallest absolute Gasteiger partial charge is 0.355 e. The van der Waals surface area contributed by atoms with Crippen LogP contribution in [0.5, 0.6) is 0 Å². The van der Waals surface area contributed by atoms with Crippen molar-refractivity contribution in [3.05, 3.63) is 58.5 Å². The predicted molar refractivity (Wildman–Crippen MR) is 159 cm³/mol. The van der Waals surface area contributed by atoms with E-state index in [9.17, 15) is 18.0 Å². The monoisotopic (exact) mass is 612 g/mol. The Morgan fingerprint density at radius 1 is 1.26 bits per heavy atom. The van der Waals surface area contributed by atoms with Gasteiger partial charge in [-0.15, -0.1) is 11.3 Å². The van der Waals surface area contributed by atoms with Crippen LogP contribution in [-0.4, -0.2) is 75.7 Å². The molecule has 0 spiro atoms. The summed E-state index contributed by atoms with van der Waals surface area (Å²) in [7, 11) is -3.88. The number of pyridine rings is 2. The van der Waals surface area contributed by atoms with Crippen LogP contribution >= 0.6 is 11.3 Å². The topological polar surface area (TPSA) is 157 Å². The number of amides is 1. The van der Waals surface area contributed by atoms with Gasteiger partial charge in [0.25, 0.3) is 0 Å². The number of nitrogen functional groups attached to an aromatic ring is 1. The third kappa shape index (κ3) is 5.02. The minimum absolute atomic E-state index is 0.0102. The summed E-state index contributed by atoms with van der Waals surface area (Å²) in [4.78, 5) is 46.8. The van der Waals surface area contributed by atoms with Crippen LogP contribution in [0.1, 0.15) is 32.3 Å². The number of hydrogen-bond donors (Lipinski definition) is 1. The fourth-order valence-electron chi connectivity index (χ4n) is 5.10. The van der Waals surface area contributed by atoms with Crippen molar-refractivity contribution in [2.75, 3.05) is 36.5 Å². The first kappa shape index (κ1) is 29.3. The summed E-state index contributed by atoms with van der Waals surface area (Å²) in [6.07, 6.45) is 4.93. The third-order valence-corrected chi connectivity index (χ3v) is 9.10. The first-order valence-corrected chi connectivity index (χ1v) is 15.8. The summed E-state index contributed by atoms with van der Waals surface area (Å²) in [6, 6.07) is 0.923. The SMILES string of the molecule is C=CC(=O)N1CCN(c2nc(=O)n(-c3c(C(C)C)cncc3S(C)(=O)=O)c3nc(-c4scnc4N)c(F)cc23)[C@@H](C)C1. The molecule has 0 bridgehead atoms. The number of carbonyl (C=O) groups is 1. The molecule has 0 saturated carbocycles. The van der Waals surface area contributed by atoms with E-state index in [1.165, 1.54) is 30.0 Å². The van der Waals surface area contributed by atoms with Gasteiger partial charge in [-0.05, 0) is 30.5 Å². The van der Waals surface area contributed by atoms with E-state index < -0.39 is 21.3 Å². The molecule has 2 N–H and O–H groups in total. The van der Waals surface area contributed by atoms with Crippen LogP contribution < -0.4 is 16.3 Å². The molecule has 1 amide bonds. The standard InChI is InChI=1S/C27H29FN8O4S2/c1-6-20(37)34-7-8-35(15(4)12-34)25-16-9-18(28)21(23-24(29)31-13-41-23)32-26(16)36(27(38)33-25)22-17(14(2)3)10-30-11-19(22)42(5,39)40/h6,9-11,13-15H,1,7-8,12,29H2,2-5H3/t15-/m0/s1. The maximum absolute atomic E-state index is 15.8. The van der Waals surface area contributed by atoms with Gasteiger partial charge in [0, 0.05) is 44.3 Å². The number of rotatable bonds is 6. The Bertz CT molecular complexity index is 1900. The molecule has 4 aromatic heterocycles. The summed E-state index contributed by atoms with van der Waals surface area (Å²) < 4.78 is 42.8. The fourth-order valence-corrected chi connectivity index (χ4v) is 6.61. The summed E-state index contributed by atoms with van der Waals surface area (Å²) >= 11 is 1.08. The molecular formula is C27H29FN8O4S2. The van der Waals surface area contributed by atoms with E-state index in [-0.39, 0.29) is 61.7 Å². The second-order valence-electron chi connectivity index (χ2n) is 10.3. The first-order chi connectivity index (χ1) is 19.8. The van der Waals surface area contributed by atoms with E-state index in [0.717, 1.165) is 22.2 Å². The third-order valence-electron chi connectivity index (χ3n) is 7.15. The maximum atomic E-state index is 15.8. The number of halogens is 1. The number of sulfone groups is 1. The van der Waals surface area contributed by atoms with Crippen LogP contribution in [0.3, 0.4) is 0 Å². The number of nitrogens with zero attached hydrogens (tertiary/aromatic N) is 7. The lowest BCUT2D eigenvalue weighted by Gasteiger charge is -2.40. The lowest BCUT2D eigenvalue weighted by Crippen LogP contribution is -2.54. The Kier molecular flexibility index (Phi) is 7.57. The van der Waals surface area contributed by atoms with Gasteiger partial charge in [-0.3, -0.25) is 9.78 Å². The number of hydrogen-bond acceptors (Lipinski definition) is 11. The van der Waals surface area contributed by atoms with Crippen molar-refractivity contribution < 1.29 is 17.6 Å². The van der Waals surface area contributed by atoms with E-state index in [1.807, 2.05) is 25.7 Å². The molecule has 42 heavy (non-hydrogen) atoms. The molecule has 15 heteroatoms. The fraction of sp³-hybridized carbons (Fsp3) is 0.333. The molecule has 220 valence electrons. The quantitative estimate of drug-likeness (QED) is 0.321. The van der Waals surface area contributed by atoms with Crippen molar-refractivity contribution in [1.29, 1.82) is 0 Å². The average Bonchev–Trinajstić information content (AvgIpc) is 3.36. The van der Waals surface area contributed by atoms with E-state index >= 15 is 4.39 Å². The molecule has 1 aliphatic heterocycles. The molecule has 5 rings (SSSR count). The van der Waals surface area contributed by atoms with Gasteiger partial charge in [0.2, 0.25) is 5.91 Å². The highest BCUT2D eigenvalue weighted by molar-refractivity contribution is 7.90. The maximum Gasteiger partial charge on any atom is 0.355 e. The van der Waals surface area contributed by atoms with Crippen LogP contribution in [0.15, 0.2) is 46.3 Å². The minimum Gasteiger partial charge on any atom is -0.382 e. The molecule has 1 saturated heterocycles. The van der Waals surface area contributed by atoms with Gasteiger partial charge in [0.05, 0.1) is 21.5 Å². The second-order valence-corrected chi connectivity index (χ2v) is 13.2. The predicted octanol–water partition coefficient (Wildman–Crippen LogP) is 2.77. The van der Waals surface area contributed by atoms with Crippen molar-refractivity contribution >= 4 is 49.8 Å². The number of thiazole rings is 1. The van der Waals surface area contributed by atoms with Crippen molar-refractivity contribution in [1.82, 2.24) is 29.4 Å². The molecule has 12 nitrogen and oxygen atoms in total. The van der Waals surface area contributed by atoms with Crippen LogP contribution in [0, 0.1) is 5.82 Å². The lowest BCUT2D eigenvalue weighted by atomic mass is 10.0. The lowest BCUT2D eigenvalue weighted by molar-refractivity contribution is -0.126. The zero-order valence-electron chi connectivity index (χ0n) is 23.4. The summed E-state index contributed by atoms with van der Waals surface area (Å²) in [5.74, 6) is -0.957. The highest BCUT2D eigenvalue weighted by Gasteiger charge is 2.31. The first-order valence-electron chi connectivity index (χ1n) is 13.0. The average molecular weight is 613 g/mol. The number of aromatic nitrogens is 5. The van der Waals surface area contributed by atoms with Gasteiger partial charge >= 0.3 is 5.69 Å². The molecule has 1 aliphatic rings. The number of carbonyl (C=O) groups excluding carboxylic acids is 1. The summed E-state index contributed by atoms with van der Waals surface area (Å²) in [5, 5.41) is 0.181. The van der Waals surface area contributed by atoms with E-state index in [1.54, 1.807) is 4.90 Å². The molecule has 0 aromatic carbocycles. The molecular weight excluding hydrogens is 583 g/mol. The normalized spacial score (nSPS) is 15.9. The summed E-state index contributed by atoms with van der Waals surface area (Å²) in [5.41, 5.74) is 7.01. The zero-order valence-corrected chi connectivity index (χ0v) is 25.0. The Balaban J connectivity index is 1.87. The number of piperazine rings is 1. The molecule has 1 atom stereocenters. The Hall–Kier alpha value is -4.24. The van der Waals surface area contributed by atoms with Crippen molar-refractivity contribution in [2.24, 2.45) is 0 Å². The van der Waals surface area contributed by atoms with Gasteiger partial charge in [0.1, 0.15) is 22.2 Å². The Morgan fingerprint density at radius 2 is 2.00 bits per heavy atom. The van der Waals surface area contributed by atoms with E-state index in [4.69, 9.17) is 5.73 Å². The molecule has 0 unspecified atom stereocenters. The van der Waals surface area contributed by atoms with Gasteiger partial charge in [-0.25, -0.2) is 32.1 Å². The largest absolute Gasteiger partial charge is 0.382 e. The zero-order chi connectivity index (χ0) is 30.5. The van der Waals surface area contributed by atoms with Crippen molar-refractivity contribution in [3.8, 4) is 16.3 Å². The van der Waals surface area contributed by atoms with Crippen LogP contribution in [0.25, 0.3) is 27.3 Å². The number of anilines is 2. The second kappa shape index (κ2) is 10.9. The highest BCUT2D eigenvalue weighted by Crippen LogP contribution is 2.36. The molecule has 0 aliphatic carbocycles. The van der Waals surface area contributed by atoms with E-state index in [0.29, 0.717) is 25.2 Å². The molecule has 4 aromatic rings. The van der Waals surface area contributed by atoms with Crippen LogP contribution in [0.2, 0.25) is 0 Å². The minimum atomic E-state index is -3.88. The van der Waals surface area contributed by atoms with Crippen molar-refractivity contribution in [2.45, 2.75) is 37.6 Å².